The Bertz CT molecular complexity index is 1010. The maximum Gasteiger partial charge on any atom is 0.279 e. The lowest BCUT2D eigenvalue weighted by atomic mass is 9.99. The summed E-state index contributed by atoms with van der Waals surface area (Å²) >= 11 is 1.55. The van der Waals surface area contributed by atoms with Crippen LogP contribution in [0.1, 0.15) is 32.1 Å². The maximum absolute atomic E-state index is 12.2. The SMILES string of the molecule is O=C1CCCCN1C1CC[NH+](CCOc2ccc(Oc3nc4ccccc4s3)cc2)CC1. The van der Waals surface area contributed by atoms with Gasteiger partial charge in [0.2, 0.25) is 5.91 Å². The van der Waals surface area contributed by atoms with Crippen LogP contribution in [0.3, 0.4) is 0 Å². The Kier molecular flexibility index (Phi) is 6.55. The van der Waals surface area contributed by atoms with Gasteiger partial charge in [-0.05, 0) is 49.2 Å². The van der Waals surface area contributed by atoms with E-state index < -0.39 is 0 Å². The second-order valence-electron chi connectivity index (χ2n) is 8.64. The lowest BCUT2D eigenvalue weighted by Crippen LogP contribution is -3.14. The van der Waals surface area contributed by atoms with Crippen molar-refractivity contribution in [2.24, 2.45) is 0 Å². The van der Waals surface area contributed by atoms with Crippen molar-refractivity contribution >= 4 is 27.5 Å². The number of carbonyl (C=O) groups excluding carboxylic acids is 1. The minimum Gasteiger partial charge on any atom is -0.488 e. The molecule has 1 N–H and O–H groups in total. The first-order chi connectivity index (χ1) is 15.7. The molecular formula is C25H30N3O3S+. The summed E-state index contributed by atoms with van der Waals surface area (Å²) in [5.74, 6) is 1.98. The topological polar surface area (TPSA) is 56.1 Å². The van der Waals surface area contributed by atoms with E-state index in [0.717, 1.165) is 80.0 Å². The Morgan fingerprint density at radius 2 is 1.81 bits per heavy atom. The molecular weight excluding hydrogens is 422 g/mol. The van der Waals surface area contributed by atoms with E-state index in [-0.39, 0.29) is 0 Å². The van der Waals surface area contributed by atoms with Gasteiger partial charge >= 0.3 is 0 Å². The van der Waals surface area contributed by atoms with Crippen LogP contribution in [0.4, 0.5) is 0 Å². The maximum atomic E-state index is 12.2. The van der Waals surface area contributed by atoms with Gasteiger partial charge in [-0.1, -0.05) is 23.5 Å². The lowest BCUT2D eigenvalue weighted by Gasteiger charge is -2.38. The molecule has 168 valence electrons. The zero-order valence-corrected chi connectivity index (χ0v) is 19.1. The Hall–Kier alpha value is -2.64. The highest BCUT2D eigenvalue weighted by Crippen LogP contribution is 2.31. The second-order valence-corrected chi connectivity index (χ2v) is 9.64. The predicted octanol–water partition coefficient (Wildman–Crippen LogP) is 3.53. The van der Waals surface area contributed by atoms with E-state index in [1.54, 1.807) is 16.2 Å². The number of amides is 1. The molecule has 0 atom stereocenters. The number of quaternary nitrogens is 1. The number of benzene rings is 2. The van der Waals surface area contributed by atoms with Gasteiger partial charge in [-0.2, -0.15) is 0 Å². The zero-order valence-electron chi connectivity index (χ0n) is 18.3. The Morgan fingerprint density at radius 3 is 2.59 bits per heavy atom. The highest BCUT2D eigenvalue weighted by Gasteiger charge is 2.30. The standard InChI is InChI=1S/C25H29N3O3S/c29-24-7-3-4-14-28(24)19-12-15-27(16-13-19)17-18-30-20-8-10-21(11-9-20)31-25-26-22-5-1-2-6-23(22)32-25/h1-2,5-6,8-11,19H,3-4,7,12-18H2/p+1. The number of rotatable bonds is 7. The number of hydrogen-bond donors (Lipinski definition) is 1. The number of aromatic nitrogens is 1. The normalized spacial score (nSPS) is 21.6. The van der Waals surface area contributed by atoms with Crippen molar-refractivity contribution in [3.05, 3.63) is 48.5 Å². The van der Waals surface area contributed by atoms with E-state index in [9.17, 15) is 4.79 Å². The first kappa shape index (κ1) is 21.2. The summed E-state index contributed by atoms with van der Waals surface area (Å²) < 4.78 is 13.0. The summed E-state index contributed by atoms with van der Waals surface area (Å²) in [7, 11) is 0. The summed E-state index contributed by atoms with van der Waals surface area (Å²) in [4.78, 5) is 20.4. The molecule has 32 heavy (non-hydrogen) atoms. The highest BCUT2D eigenvalue weighted by atomic mass is 32.1. The van der Waals surface area contributed by atoms with E-state index in [2.05, 4.69) is 16.0 Å². The number of likely N-dealkylation sites (tertiary alicyclic amines) is 2. The van der Waals surface area contributed by atoms with Crippen molar-refractivity contribution in [1.29, 1.82) is 0 Å². The van der Waals surface area contributed by atoms with Crippen LogP contribution < -0.4 is 14.4 Å². The van der Waals surface area contributed by atoms with Crippen LogP contribution in [0, 0.1) is 0 Å². The molecule has 2 saturated heterocycles. The fourth-order valence-electron chi connectivity index (χ4n) is 4.70. The molecule has 2 aromatic carbocycles. The summed E-state index contributed by atoms with van der Waals surface area (Å²) in [5.41, 5.74) is 0.960. The van der Waals surface area contributed by atoms with E-state index in [0.29, 0.717) is 23.7 Å². The molecule has 6 nitrogen and oxygen atoms in total. The van der Waals surface area contributed by atoms with Gasteiger partial charge in [-0.3, -0.25) is 4.79 Å². The number of hydrogen-bond acceptors (Lipinski definition) is 5. The van der Waals surface area contributed by atoms with Crippen molar-refractivity contribution in [2.75, 3.05) is 32.8 Å². The Balaban J connectivity index is 1.05. The number of piperidine rings is 2. The van der Waals surface area contributed by atoms with Crippen LogP contribution in [0.5, 0.6) is 16.7 Å². The molecule has 0 aliphatic carbocycles. The molecule has 0 spiro atoms. The van der Waals surface area contributed by atoms with Crippen LogP contribution in [0.25, 0.3) is 10.2 Å². The number of thiazole rings is 1. The molecule has 0 saturated carbocycles. The molecule has 2 aliphatic rings. The number of carbonyl (C=O) groups is 1. The van der Waals surface area contributed by atoms with Crippen molar-refractivity contribution in [2.45, 2.75) is 38.1 Å². The third kappa shape index (κ3) is 5.05. The summed E-state index contributed by atoms with van der Waals surface area (Å²) in [6.07, 6.45) is 5.19. The van der Waals surface area contributed by atoms with E-state index in [1.807, 2.05) is 42.5 Å². The van der Waals surface area contributed by atoms with Crippen molar-refractivity contribution < 1.29 is 19.2 Å². The molecule has 1 aromatic heterocycles. The smallest absolute Gasteiger partial charge is 0.279 e. The van der Waals surface area contributed by atoms with Crippen LogP contribution in [0.15, 0.2) is 48.5 Å². The molecule has 0 bridgehead atoms. The van der Waals surface area contributed by atoms with Crippen LogP contribution >= 0.6 is 11.3 Å². The number of nitrogens with one attached hydrogen (secondary N) is 1. The highest BCUT2D eigenvalue weighted by molar-refractivity contribution is 7.20. The average molecular weight is 453 g/mol. The van der Waals surface area contributed by atoms with E-state index in [4.69, 9.17) is 9.47 Å². The van der Waals surface area contributed by atoms with Gasteiger partial charge in [0.05, 0.1) is 23.3 Å². The predicted molar refractivity (Wildman–Crippen MR) is 126 cm³/mol. The van der Waals surface area contributed by atoms with E-state index in [1.165, 1.54) is 0 Å². The van der Waals surface area contributed by atoms with Crippen LogP contribution in [-0.4, -0.2) is 54.6 Å². The first-order valence-electron chi connectivity index (χ1n) is 11.6. The molecule has 2 fully saturated rings. The molecule has 3 heterocycles. The molecule has 3 aromatic rings. The van der Waals surface area contributed by atoms with Gasteiger partial charge in [0, 0.05) is 31.8 Å². The van der Waals surface area contributed by atoms with Crippen molar-refractivity contribution in [3.8, 4) is 16.7 Å². The number of ether oxygens (including phenoxy) is 2. The van der Waals surface area contributed by atoms with E-state index >= 15 is 0 Å². The van der Waals surface area contributed by atoms with Gasteiger partial charge < -0.3 is 19.3 Å². The molecule has 5 rings (SSSR count). The minimum atomic E-state index is 0.364. The molecule has 7 heteroatoms. The second kappa shape index (κ2) is 9.88. The minimum absolute atomic E-state index is 0.364. The van der Waals surface area contributed by atoms with Gasteiger partial charge in [-0.15, -0.1) is 0 Å². The van der Waals surface area contributed by atoms with Crippen LogP contribution in [-0.2, 0) is 4.79 Å². The summed E-state index contributed by atoms with van der Waals surface area (Å²) in [6, 6.07) is 16.2. The average Bonchev–Trinajstić information content (AvgIpc) is 3.23. The van der Waals surface area contributed by atoms with Gasteiger partial charge in [0.1, 0.15) is 24.7 Å². The summed E-state index contributed by atoms with van der Waals surface area (Å²) in [5, 5.41) is 0.651. The monoisotopic (exact) mass is 452 g/mol. The molecule has 0 unspecified atom stereocenters. The van der Waals surface area contributed by atoms with Gasteiger partial charge in [0.15, 0.2) is 0 Å². The first-order valence-corrected chi connectivity index (χ1v) is 12.5. The molecule has 0 radical (unpaired) electrons. The van der Waals surface area contributed by atoms with Crippen molar-refractivity contribution in [1.82, 2.24) is 9.88 Å². The van der Waals surface area contributed by atoms with Crippen molar-refractivity contribution in [3.63, 3.8) is 0 Å². The molecule has 1 amide bonds. The van der Waals surface area contributed by atoms with Gasteiger partial charge in [0.25, 0.3) is 5.19 Å². The number of fused-ring (bicyclic) bond motifs is 1. The lowest BCUT2D eigenvalue weighted by molar-refractivity contribution is -0.905. The largest absolute Gasteiger partial charge is 0.488 e. The quantitative estimate of drug-likeness (QED) is 0.596. The fraction of sp³-hybridized carbons (Fsp3) is 0.440. The number of para-hydroxylation sites is 1. The fourth-order valence-corrected chi connectivity index (χ4v) is 5.53. The number of nitrogens with zero attached hydrogens (tertiary/aromatic N) is 2. The Labute approximate surface area is 192 Å². The van der Waals surface area contributed by atoms with Crippen LogP contribution in [0.2, 0.25) is 0 Å². The van der Waals surface area contributed by atoms with Gasteiger partial charge in [-0.25, -0.2) is 4.98 Å². The third-order valence-corrected chi connectivity index (χ3v) is 7.40. The third-order valence-electron chi connectivity index (χ3n) is 6.49. The molecule has 2 aliphatic heterocycles. The zero-order chi connectivity index (χ0) is 21.8. The Morgan fingerprint density at radius 1 is 1.03 bits per heavy atom. The summed E-state index contributed by atoms with van der Waals surface area (Å²) in [6.45, 7) is 4.88.